The fourth-order valence-corrected chi connectivity index (χ4v) is 2.82. The van der Waals surface area contributed by atoms with E-state index < -0.39 is 29.2 Å². The first-order valence-corrected chi connectivity index (χ1v) is 10.3. The minimum absolute atomic E-state index is 0.0209. The van der Waals surface area contributed by atoms with Gasteiger partial charge in [-0.15, -0.1) is 0 Å². The summed E-state index contributed by atoms with van der Waals surface area (Å²) in [6, 6.07) is 7.29. The number of aliphatic carboxylic acids is 1. The van der Waals surface area contributed by atoms with E-state index in [1.807, 2.05) is 44.2 Å². The molecule has 7 heteroatoms. The number of benzene rings is 1. The van der Waals surface area contributed by atoms with Crippen molar-refractivity contribution in [3.63, 3.8) is 0 Å². The fraction of sp³-hybridized carbons (Fsp3) is 0.571. The number of hydrogen-bond donors (Lipinski definition) is 4. The molecular formula is C21H32N2O4S. The maximum atomic E-state index is 12.8. The molecule has 156 valence electrons. The molecule has 0 radical (unpaired) electrons. The number of carbonyl (C=O) groups is 3. The van der Waals surface area contributed by atoms with Gasteiger partial charge in [0.05, 0.1) is 5.25 Å². The molecule has 1 aromatic rings. The number of carboxylic acid groups (broad SMARTS) is 1. The molecule has 0 aliphatic carbocycles. The predicted octanol–water partition coefficient (Wildman–Crippen LogP) is 2.82. The van der Waals surface area contributed by atoms with Crippen molar-refractivity contribution >= 4 is 30.4 Å². The van der Waals surface area contributed by atoms with Gasteiger partial charge in [-0.25, -0.2) is 4.79 Å². The molecule has 0 spiro atoms. The minimum atomic E-state index is -1.11. The molecule has 0 bridgehead atoms. The van der Waals surface area contributed by atoms with Gasteiger partial charge < -0.3 is 15.7 Å². The van der Waals surface area contributed by atoms with Crippen LogP contribution in [0, 0.1) is 5.92 Å². The number of thiol groups is 1. The van der Waals surface area contributed by atoms with Crippen LogP contribution in [0.1, 0.15) is 52.0 Å². The topological polar surface area (TPSA) is 95.5 Å². The summed E-state index contributed by atoms with van der Waals surface area (Å²) >= 11 is 4.30. The lowest BCUT2D eigenvalue weighted by molar-refractivity contribution is -0.142. The van der Waals surface area contributed by atoms with Crippen molar-refractivity contribution in [1.82, 2.24) is 10.6 Å². The van der Waals surface area contributed by atoms with Gasteiger partial charge in [0, 0.05) is 6.42 Å². The largest absolute Gasteiger partial charge is 0.480 e. The van der Waals surface area contributed by atoms with Crippen LogP contribution in [0.2, 0.25) is 0 Å². The highest BCUT2D eigenvalue weighted by molar-refractivity contribution is 7.81. The Kier molecular flexibility index (Phi) is 10.7. The van der Waals surface area contributed by atoms with Gasteiger partial charge >= 0.3 is 5.97 Å². The first-order chi connectivity index (χ1) is 13.3. The van der Waals surface area contributed by atoms with E-state index in [9.17, 15) is 19.5 Å². The van der Waals surface area contributed by atoms with Crippen LogP contribution >= 0.6 is 12.6 Å². The van der Waals surface area contributed by atoms with Crippen LogP contribution in [0.3, 0.4) is 0 Å². The highest BCUT2D eigenvalue weighted by Crippen LogP contribution is 2.11. The van der Waals surface area contributed by atoms with Crippen LogP contribution in [0.4, 0.5) is 0 Å². The lowest BCUT2D eigenvalue weighted by Crippen LogP contribution is -2.53. The van der Waals surface area contributed by atoms with Gasteiger partial charge in [0.25, 0.3) is 0 Å². The van der Waals surface area contributed by atoms with E-state index in [1.165, 1.54) is 0 Å². The number of nitrogens with one attached hydrogen (secondary N) is 2. The van der Waals surface area contributed by atoms with E-state index in [2.05, 4.69) is 30.2 Å². The Bertz CT molecular complexity index is 637. The van der Waals surface area contributed by atoms with Crippen molar-refractivity contribution in [1.29, 1.82) is 0 Å². The zero-order chi connectivity index (χ0) is 21.1. The van der Waals surface area contributed by atoms with E-state index in [-0.39, 0.29) is 18.2 Å². The Morgan fingerprint density at radius 3 is 2.14 bits per heavy atom. The first-order valence-electron chi connectivity index (χ1n) is 9.81. The Morgan fingerprint density at radius 2 is 1.61 bits per heavy atom. The van der Waals surface area contributed by atoms with E-state index in [1.54, 1.807) is 0 Å². The molecule has 0 aliphatic heterocycles. The van der Waals surface area contributed by atoms with Crippen molar-refractivity contribution in [3.05, 3.63) is 35.9 Å². The molecule has 2 amide bonds. The summed E-state index contributed by atoms with van der Waals surface area (Å²) in [6.45, 7) is 5.81. The van der Waals surface area contributed by atoms with Gasteiger partial charge in [0.1, 0.15) is 12.1 Å². The lowest BCUT2D eigenvalue weighted by Gasteiger charge is -2.23. The maximum Gasteiger partial charge on any atom is 0.326 e. The Balaban J connectivity index is 2.83. The predicted molar refractivity (Wildman–Crippen MR) is 113 cm³/mol. The number of unbranched alkanes of at least 4 members (excludes halogenated alkanes) is 2. The number of rotatable bonds is 12. The molecule has 0 aromatic heterocycles. The molecule has 0 heterocycles. The van der Waals surface area contributed by atoms with Gasteiger partial charge in [-0.1, -0.05) is 70.4 Å². The molecule has 0 aliphatic rings. The van der Waals surface area contributed by atoms with Gasteiger partial charge in [-0.3, -0.25) is 9.59 Å². The van der Waals surface area contributed by atoms with Gasteiger partial charge in [-0.05, 0) is 17.9 Å². The average molecular weight is 409 g/mol. The van der Waals surface area contributed by atoms with Crippen molar-refractivity contribution in [3.8, 4) is 0 Å². The molecule has 3 N–H and O–H groups in total. The summed E-state index contributed by atoms with van der Waals surface area (Å²) in [4.78, 5) is 36.7. The van der Waals surface area contributed by atoms with Gasteiger partial charge in [0.15, 0.2) is 0 Å². The fourth-order valence-electron chi connectivity index (χ4n) is 2.75. The molecule has 0 fully saturated rings. The molecule has 0 saturated heterocycles. The molecule has 1 rings (SSSR count). The van der Waals surface area contributed by atoms with E-state index >= 15 is 0 Å². The second kappa shape index (κ2) is 12.4. The Labute approximate surface area is 172 Å². The number of carbonyl (C=O) groups excluding carboxylic acids is 2. The van der Waals surface area contributed by atoms with E-state index in [0.29, 0.717) is 6.42 Å². The summed E-state index contributed by atoms with van der Waals surface area (Å²) in [5.74, 6) is -1.88. The molecule has 6 nitrogen and oxygen atoms in total. The highest BCUT2D eigenvalue weighted by atomic mass is 32.1. The smallest absolute Gasteiger partial charge is 0.326 e. The molecule has 1 aromatic carbocycles. The number of carboxylic acids is 1. The zero-order valence-electron chi connectivity index (χ0n) is 16.9. The van der Waals surface area contributed by atoms with Crippen molar-refractivity contribution < 1.29 is 19.5 Å². The van der Waals surface area contributed by atoms with Crippen LogP contribution in [0.25, 0.3) is 0 Å². The maximum absolute atomic E-state index is 12.8. The van der Waals surface area contributed by atoms with Gasteiger partial charge in [-0.2, -0.15) is 12.6 Å². The van der Waals surface area contributed by atoms with Crippen LogP contribution in [-0.4, -0.2) is 40.2 Å². The number of amides is 2. The molecule has 0 saturated carbocycles. The summed E-state index contributed by atoms with van der Waals surface area (Å²) < 4.78 is 0. The van der Waals surface area contributed by atoms with Crippen LogP contribution in [0.5, 0.6) is 0 Å². The van der Waals surface area contributed by atoms with Gasteiger partial charge in [0.2, 0.25) is 11.8 Å². The second-order valence-electron chi connectivity index (χ2n) is 7.33. The quantitative estimate of drug-likeness (QED) is 0.316. The highest BCUT2D eigenvalue weighted by Gasteiger charge is 2.28. The molecular weight excluding hydrogens is 376 g/mol. The van der Waals surface area contributed by atoms with E-state index in [0.717, 1.165) is 24.8 Å². The third-order valence-electron chi connectivity index (χ3n) is 4.53. The third kappa shape index (κ3) is 8.33. The summed E-state index contributed by atoms with van der Waals surface area (Å²) in [5.41, 5.74) is 0.817. The normalized spacial score (nSPS) is 14.2. The zero-order valence-corrected chi connectivity index (χ0v) is 17.7. The summed E-state index contributed by atoms with van der Waals surface area (Å²) in [7, 11) is 0. The van der Waals surface area contributed by atoms with Crippen molar-refractivity contribution in [2.45, 2.75) is 70.2 Å². The molecule has 28 heavy (non-hydrogen) atoms. The minimum Gasteiger partial charge on any atom is -0.480 e. The Morgan fingerprint density at radius 1 is 1.00 bits per heavy atom. The molecule has 0 unspecified atom stereocenters. The SMILES string of the molecule is CCCCC[C@H](NC(=O)[C@@H](S)C(C)C)C(=O)N[C@@H](Cc1ccccc1)C(=O)O. The van der Waals surface area contributed by atoms with Crippen LogP contribution < -0.4 is 10.6 Å². The van der Waals surface area contributed by atoms with Crippen molar-refractivity contribution in [2.75, 3.05) is 0 Å². The second-order valence-corrected chi connectivity index (χ2v) is 7.89. The lowest BCUT2D eigenvalue weighted by atomic mass is 10.0. The third-order valence-corrected chi connectivity index (χ3v) is 5.36. The van der Waals surface area contributed by atoms with Crippen LogP contribution in [0.15, 0.2) is 30.3 Å². The molecule has 3 atom stereocenters. The van der Waals surface area contributed by atoms with E-state index in [4.69, 9.17) is 0 Å². The summed E-state index contributed by atoms with van der Waals surface area (Å²) in [5, 5.41) is 14.3. The first kappa shape index (κ1) is 24.0. The summed E-state index contributed by atoms with van der Waals surface area (Å²) in [6.07, 6.45) is 3.32. The number of hydrogen-bond acceptors (Lipinski definition) is 4. The monoisotopic (exact) mass is 408 g/mol. The van der Waals surface area contributed by atoms with Crippen LogP contribution in [-0.2, 0) is 20.8 Å². The Hall–Kier alpha value is -2.02. The average Bonchev–Trinajstić information content (AvgIpc) is 2.66. The van der Waals surface area contributed by atoms with Crippen molar-refractivity contribution in [2.24, 2.45) is 5.92 Å². The standard InChI is InChI=1S/C21H32N2O4S/c1-4-5-7-12-16(22-20(25)18(28)14(2)3)19(24)23-17(21(26)27)13-15-10-8-6-9-11-15/h6,8-11,14,16-18,28H,4-5,7,12-13H2,1-3H3,(H,22,25)(H,23,24)(H,26,27)/t16-,17-,18-/m0/s1.